The maximum absolute atomic E-state index is 12.8. The summed E-state index contributed by atoms with van der Waals surface area (Å²) in [6, 6.07) is 9.95. The number of ether oxygens (including phenoxy) is 1. The standard InChI is InChI=1S/C20H19ClF3NO2/c1-2-3-12-27-18-7-5-4-6-14(18)8-11-19(26)25-17-13-15(20(22,23)24)9-10-16(17)21/h4-11,13H,2-3,12H2,1H3,(H,25,26). The number of carbonyl (C=O) groups is 1. The second-order valence-corrected chi connectivity index (χ2v) is 6.16. The van der Waals surface area contributed by atoms with Crippen molar-refractivity contribution in [1.29, 1.82) is 0 Å². The molecule has 0 aliphatic carbocycles. The molecule has 2 rings (SSSR count). The fourth-order valence-corrected chi connectivity index (χ4v) is 2.38. The summed E-state index contributed by atoms with van der Waals surface area (Å²) < 4.78 is 44.1. The van der Waals surface area contributed by atoms with Crippen LogP contribution in [0.1, 0.15) is 30.9 Å². The molecule has 7 heteroatoms. The van der Waals surface area contributed by atoms with Gasteiger partial charge in [0.15, 0.2) is 0 Å². The van der Waals surface area contributed by atoms with E-state index in [-0.39, 0.29) is 10.7 Å². The van der Waals surface area contributed by atoms with E-state index in [0.29, 0.717) is 17.9 Å². The van der Waals surface area contributed by atoms with Crippen molar-refractivity contribution in [2.24, 2.45) is 0 Å². The second-order valence-electron chi connectivity index (χ2n) is 5.75. The molecule has 27 heavy (non-hydrogen) atoms. The number of halogens is 4. The monoisotopic (exact) mass is 397 g/mol. The van der Waals surface area contributed by atoms with Crippen molar-refractivity contribution in [2.45, 2.75) is 25.9 Å². The van der Waals surface area contributed by atoms with Gasteiger partial charge in [0.2, 0.25) is 5.91 Å². The van der Waals surface area contributed by atoms with Crippen LogP contribution >= 0.6 is 11.6 Å². The van der Waals surface area contributed by atoms with Crippen LogP contribution in [0.25, 0.3) is 6.08 Å². The molecule has 2 aromatic carbocycles. The Kier molecular flexibility index (Phi) is 7.30. The first-order valence-electron chi connectivity index (χ1n) is 8.39. The molecule has 2 aromatic rings. The van der Waals surface area contributed by atoms with Gasteiger partial charge in [0.25, 0.3) is 0 Å². The fourth-order valence-electron chi connectivity index (χ4n) is 2.21. The van der Waals surface area contributed by atoms with Gasteiger partial charge in [-0.2, -0.15) is 13.2 Å². The lowest BCUT2D eigenvalue weighted by molar-refractivity contribution is -0.137. The smallest absolute Gasteiger partial charge is 0.416 e. The first-order chi connectivity index (χ1) is 12.8. The molecule has 0 bridgehead atoms. The van der Waals surface area contributed by atoms with Gasteiger partial charge in [0.05, 0.1) is 22.9 Å². The molecule has 0 saturated carbocycles. The van der Waals surface area contributed by atoms with Crippen molar-refractivity contribution in [3.63, 3.8) is 0 Å². The number of amides is 1. The number of hydrogen-bond acceptors (Lipinski definition) is 2. The maximum atomic E-state index is 12.8. The maximum Gasteiger partial charge on any atom is 0.416 e. The van der Waals surface area contributed by atoms with E-state index in [1.165, 1.54) is 12.2 Å². The number of para-hydroxylation sites is 1. The normalized spacial score (nSPS) is 11.6. The minimum Gasteiger partial charge on any atom is -0.493 e. The van der Waals surface area contributed by atoms with Gasteiger partial charge < -0.3 is 10.1 Å². The lowest BCUT2D eigenvalue weighted by atomic mass is 10.1. The van der Waals surface area contributed by atoms with Gasteiger partial charge in [-0.1, -0.05) is 43.1 Å². The molecule has 0 aliphatic heterocycles. The molecular weight excluding hydrogens is 379 g/mol. The molecule has 0 atom stereocenters. The molecule has 1 amide bonds. The topological polar surface area (TPSA) is 38.3 Å². The van der Waals surface area contributed by atoms with Gasteiger partial charge in [-0.3, -0.25) is 4.79 Å². The highest BCUT2D eigenvalue weighted by molar-refractivity contribution is 6.33. The van der Waals surface area contributed by atoms with Crippen molar-refractivity contribution in [2.75, 3.05) is 11.9 Å². The highest BCUT2D eigenvalue weighted by atomic mass is 35.5. The summed E-state index contributed by atoms with van der Waals surface area (Å²) in [5.41, 5.74) is -0.298. The number of unbranched alkanes of at least 4 members (excludes halogenated alkanes) is 1. The largest absolute Gasteiger partial charge is 0.493 e. The molecule has 0 radical (unpaired) electrons. The van der Waals surface area contributed by atoms with Crippen LogP contribution in [0.5, 0.6) is 5.75 Å². The van der Waals surface area contributed by atoms with Crippen molar-refractivity contribution >= 4 is 29.3 Å². The van der Waals surface area contributed by atoms with E-state index in [1.807, 2.05) is 6.07 Å². The molecule has 0 aromatic heterocycles. The summed E-state index contributed by atoms with van der Waals surface area (Å²) in [6.07, 6.45) is 0.149. The number of nitrogens with one attached hydrogen (secondary N) is 1. The highest BCUT2D eigenvalue weighted by Gasteiger charge is 2.31. The van der Waals surface area contributed by atoms with Crippen molar-refractivity contribution in [1.82, 2.24) is 0 Å². The van der Waals surface area contributed by atoms with E-state index >= 15 is 0 Å². The van der Waals surface area contributed by atoms with E-state index < -0.39 is 17.6 Å². The predicted molar refractivity (Wildman–Crippen MR) is 101 cm³/mol. The molecule has 0 aliphatic rings. The summed E-state index contributed by atoms with van der Waals surface area (Å²) in [7, 11) is 0. The number of anilines is 1. The summed E-state index contributed by atoms with van der Waals surface area (Å²) in [5, 5.41) is 2.39. The van der Waals surface area contributed by atoms with Gasteiger partial charge in [0.1, 0.15) is 5.75 Å². The third-order valence-electron chi connectivity index (χ3n) is 3.64. The number of benzene rings is 2. The SMILES string of the molecule is CCCCOc1ccccc1C=CC(=O)Nc1cc(C(F)(F)F)ccc1Cl. The van der Waals surface area contributed by atoms with Crippen molar-refractivity contribution in [3.8, 4) is 5.75 Å². The van der Waals surface area contributed by atoms with Crippen LogP contribution in [0.2, 0.25) is 5.02 Å². The average molecular weight is 398 g/mol. The fraction of sp³-hybridized carbons (Fsp3) is 0.250. The van der Waals surface area contributed by atoms with Crippen LogP contribution in [0, 0.1) is 0 Å². The molecule has 3 nitrogen and oxygen atoms in total. The Balaban J connectivity index is 2.10. The Hall–Kier alpha value is -2.47. The average Bonchev–Trinajstić information content (AvgIpc) is 2.62. The number of carbonyl (C=O) groups excluding carboxylic acids is 1. The summed E-state index contributed by atoms with van der Waals surface area (Å²) in [6.45, 7) is 2.62. The Morgan fingerprint density at radius 1 is 1.22 bits per heavy atom. The lowest BCUT2D eigenvalue weighted by Crippen LogP contribution is -2.11. The van der Waals surface area contributed by atoms with Crippen molar-refractivity contribution < 1.29 is 22.7 Å². The second kappa shape index (κ2) is 9.46. The Morgan fingerprint density at radius 3 is 2.67 bits per heavy atom. The van der Waals surface area contributed by atoms with E-state index in [9.17, 15) is 18.0 Å². The summed E-state index contributed by atoms with van der Waals surface area (Å²) in [5.74, 6) is 0.0340. The third-order valence-corrected chi connectivity index (χ3v) is 3.97. The first kappa shape index (κ1) is 20.8. The minimum absolute atomic E-state index is 0.0213. The van der Waals surface area contributed by atoms with E-state index in [0.717, 1.165) is 31.0 Å². The van der Waals surface area contributed by atoms with Gasteiger partial charge in [-0.05, 0) is 36.8 Å². The van der Waals surface area contributed by atoms with Crippen LogP contribution in [0.3, 0.4) is 0 Å². The van der Waals surface area contributed by atoms with Crippen molar-refractivity contribution in [3.05, 3.63) is 64.7 Å². The third kappa shape index (κ3) is 6.32. The lowest BCUT2D eigenvalue weighted by Gasteiger charge is -2.11. The molecular formula is C20H19ClF3NO2. The van der Waals surface area contributed by atoms with Gasteiger partial charge in [-0.25, -0.2) is 0 Å². The van der Waals surface area contributed by atoms with Crippen LogP contribution in [-0.2, 0) is 11.0 Å². The van der Waals surface area contributed by atoms with E-state index in [1.54, 1.807) is 18.2 Å². The first-order valence-corrected chi connectivity index (χ1v) is 8.76. The number of hydrogen-bond donors (Lipinski definition) is 1. The minimum atomic E-state index is -4.52. The quantitative estimate of drug-likeness (QED) is 0.447. The Morgan fingerprint density at radius 2 is 1.96 bits per heavy atom. The van der Waals surface area contributed by atoms with Gasteiger partial charge in [-0.15, -0.1) is 0 Å². The Labute approximate surface area is 160 Å². The van der Waals surface area contributed by atoms with Gasteiger partial charge in [0, 0.05) is 11.6 Å². The highest BCUT2D eigenvalue weighted by Crippen LogP contribution is 2.33. The predicted octanol–water partition coefficient (Wildman–Crippen LogP) is 6.19. The molecule has 0 unspecified atom stereocenters. The summed E-state index contributed by atoms with van der Waals surface area (Å²) >= 11 is 5.88. The van der Waals surface area contributed by atoms with E-state index in [2.05, 4.69) is 12.2 Å². The molecule has 144 valence electrons. The van der Waals surface area contributed by atoms with E-state index in [4.69, 9.17) is 16.3 Å². The molecule has 0 fully saturated rings. The number of alkyl halides is 3. The van der Waals surface area contributed by atoms with Crippen LogP contribution in [-0.4, -0.2) is 12.5 Å². The Bertz CT molecular complexity index is 819. The van der Waals surface area contributed by atoms with Crippen LogP contribution in [0.15, 0.2) is 48.5 Å². The van der Waals surface area contributed by atoms with Crippen LogP contribution < -0.4 is 10.1 Å². The molecule has 0 heterocycles. The molecule has 0 saturated heterocycles. The number of rotatable bonds is 7. The van der Waals surface area contributed by atoms with Crippen LogP contribution in [0.4, 0.5) is 18.9 Å². The zero-order valence-corrected chi connectivity index (χ0v) is 15.4. The zero-order valence-electron chi connectivity index (χ0n) is 14.6. The summed E-state index contributed by atoms with van der Waals surface area (Å²) in [4.78, 5) is 12.1. The van der Waals surface area contributed by atoms with Gasteiger partial charge >= 0.3 is 6.18 Å². The molecule has 1 N–H and O–H groups in total. The molecule has 0 spiro atoms. The zero-order chi connectivity index (χ0) is 19.9.